The molecule has 0 amide bonds. The topological polar surface area (TPSA) is 6.48 Å². The lowest BCUT2D eigenvalue weighted by Crippen LogP contribution is -2.09. The van der Waals surface area contributed by atoms with Gasteiger partial charge in [-0.1, -0.05) is 48.5 Å². The Balaban J connectivity index is 1.78. The predicted octanol–water partition coefficient (Wildman–Crippen LogP) is 5.89. The molecule has 0 aromatic heterocycles. The maximum absolute atomic E-state index is 4.28. The van der Waals surface area contributed by atoms with Gasteiger partial charge in [-0.15, -0.1) is 0 Å². The van der Waals surface area contributed by atoms with Crippen LogP contribution in [-0.2, 0) is 0 Å². The molecule has 0 fully saturated rings. The van der Waals surface area contributed by atoms with E-state index < -0.39 is 0 Å². The molecule has 0 N–H and O–H groups in total. The molecule has 0 unspecified atom stereocenters. The van der Waals surface area contributed by atoms with E-state index in [9.17, 15) is 0 Å². The van der Waals surface area contributed by atoms with Gasteiger partial charge >= 0.3 is 0 Å². The molecule has 3 aromatic carbocycles. The number of anilines is 3. The second-order valence-corrected chi connectivity index (χ2v) is 6.86. The van der Waals surface area contributed by atoms with E-state index in [1.807, 2.05) is 14.1 Å². The first kappa shape index (κ1) is 17.8. The van der Waals surface area contributed by atoms with E-state index in [0.717, 1.165) is 22.4 Å². The van der Waals surface area contributed by atoms with Gasteiger partial charge in [-0.25, -0.2) is 0 Å². The molecule has 3 rings (SSSR count). The Kier molecular flexibility index (Phi) is 5.13. The molecule has 0 heterocycles. The highest BCUT2D eigenvalue weighted by molar-refractivity contribution is 5.79. The van der Waals surface area contributed by atoms with Gasteiger partial charge in [-0.2, -0.15) is 0 Å². The minimum atomic E-state index is 1.04. The van der Waals surface area contributed by atoms with Gasteiger partial charge in [0.25, 0.3) is 0 Å². The Hall–Kier alpha value is -3.00. The first-order valence-electron chi connectivity index (χ1n) is 8.83. The van der Waals surface area contributed by atoms with E-state index >= 15 is 0 Å². The van der Waals surface area contributed by atoms with E-state index in [1.54, 1.807) is 0 Å². The Labute approximate surface area is 157 Å². The first-order valence-corrected chi connectivity index (χ1v) is 8.83. The molecule has 0 bridgehead atoms. The average molecular weight is 342 g/mol. The molecule has 0 saturated heterocycles. The summed E-state index contributed by atoms with van der Waals surface area (Å²) in [7, 11) is 6.19. The van der Waals surface area contributed by atoms with Crippen LogP contribution in [0.15, 0.2) is 79.4 Å². The third kappa shape index (κ3) is 3.80. The van der Waals surface area contributed by atoms with Gasteiger partial charge in [0.05, 0.1) is 0 Å². The van der Waals surface area contributed by atoms with Crippen molar-refractivity contribution in [2.45, 2.75) is 6.92 Å². The van der Waals surface area contributed by atoms with Crippen molar-refractivity contribution in [2.75, 3.05) is 30.9 Å². The Morgan fingerprint density at radius 2 is 1.00 bits per heavy atom. The lowest BCUT2D eigenvalue weighted by molar-refractivity contribution is 1.13. The van der Waals surface area contributed by atoms with Crippen LogP contribution in [0.1, 0.15) is 16.7 Å². The normalized spacial score (nSPS) is 10.5. The molecule has 3 aromatic rings. The summed E-state index contributed by atoms with van der Waals surface area (Å²) in [6.45, 7) is 6.39. The highest BCUT2D eigenvalue weighted by atomic mass is 15.1. The van der Waals surface area contributed by atoms with Crippen LogP contribution in [0.5, 0.6) is 0 Å². The molecule has 0 radical (unpaired) electrons. The summed E-state index contributed by atoms with van der Waals surface area (Å²) in [6.07, 6.45) is 0. The number of aryl methyl sites for hydroxylation is 1. The predicted molar refractivity (Wildman–Crippen MR) is 115 cm³/mol. The lowest BCUT2D eigenvalue weighted by Gasteiger charge is -2.20. The summed E-state index contributed by atoms with van der Waals surface area (Å²) in [6, 6.07) is 25.7. The second-order valence-electron chi connectivity index (χ2n) is 6.86. The molecule has 2 nitrogen and oxygen atoms in total. The fraction of sp³-hybridized carbons (Fsp3) is 0.167. The molecular formula is C24H26N2. The highest BCUT2D eigenvalue weighted by Crippen LogP contribution is 2.28. The SMILES string of the molecule is C=C(c1ccc(N(C)C)cc1)c1ccc(N(C)c2ccc(C)cc2)cc1. The number of nitrogens with zero attached hydrogens (tertiary/aromatic N) is 2. The van der Waals surface area contributed by atoms with Gasteiger partial charge in [0.1, 0.15) is 0 Å². The van der Waals surface area contributed by atoms with Crippen molar-refractivity contribution in [2.24, 2.45) is 0 Å². The van der Waals surface area contributed by atoms with E-state index in [-0.39, 0.29) is 0 Å². The van der Waals surface area contributed by atoms with Crippen molar-refractivity contribution in [3.05, 3.63) is 96.1 Å². The van der Waals surface area contributed by atoms with E-state index in [0.29, 0.717) is 0 Å². The smallest absolute Gasteiger partial charge is 0.0408 e. The number of hydrogen-bond donors (Lipinski definition) is 0. The van der Waals surface area contributed by atoms with Crippen LogP contribution in [0.3, 0.4) is 0 Å². The maximum Gasteiger partial charge on any atom is 0.0408 e. The number of benzene rings is 3. The largest absolute Gasteiger partial charge is 0.378 e. The molecular weight excluding hydrogens is 316 g/mol. The Morgan fingerprint density at radius 1 is 0.615 bits per heavy atom. The first-order chi connectivity index (χ1) is 12.5. The van der Waals surface area contributed by atoms with Crippen LogP contribution in [0.25, 0.3) is 5.57 Å². The molecule has 0 atom stereocenters. The van der Waals surface area contributed by atoms with E-state index in [4.69, 9.17) is 0 Å². The van der Waals surface area contributed by atoms with Gasteiger partial charge in [-0.3, -0.25) is 0 Å². The Morgan fingerprint density at radius 3 is 1.42 bits per heavy atom. The minimum absolute atomic E-state index is 1.04. The summed E-state index contributed by atoms with van der Waals surface area (Å²) in [4.78, 5) is 4.29. The van der Waals surface area contributed by atoms with Crippen LogP contribution >= 0.6 is 0 Å². The summed E-state index contributed by atoms with van der Waals surface area (Å²) in [5.74, 6) is 0. The van der Waals surface area contributed by atoms with Crippen LogP contribution in [0, 0.1) is 6.92 Å². The van der Waals surface area contributed by atoms with Crippen molar-refractivity contribution in [3.63, 3.8) is 0 Å². The van der Waals surface area contributed by atoms with Crippen LogP contribution in [0.2, 0.25) is 0 Å². The second kappa shape index (κ2) is 7.49. The summed E-state index contributed by atoms with van der Waals surface area (Å²) in [5, 5.41) is 0. The van der Waals surface area contributed by atoms with Crippen molar-refractivity contribution < 1.29 is 0 Å². The van der Waals surface area contributed by atoms with Gasteiger partial charge in [0.15, 0.2) is 0 Å². The zero-order chi connectivity index (χ0) is 18.7. The maximum atomic E-state index is 4.28. The minimum Gasteiger partial charge on any atom is -0.378 e. The molecule has 0 aliphatic carbocycles. The molecule has 132 valence electrons. The van der Waals surface area contributed by atoms with Gasteiger partial charge in [0.2, 0.25) is 0 Å². The van der Waals surface area contributed by atoms with E-state index in [1.165, 1.54) is 16.9 Å². The van der Waals surface area contributed by atoms with E-state index in [2.05, 4.69) is 103 Å². The third-order valence-electron chi connectivity index (χ3n) is 4.76. The van der Waals surface area contributed by atoms with Crippen molar-refractivity contribution >= 4 is 22.6 Å². The van der Waals surface area contributed by atoms with Crippen LogP contribution in [-0.4, -0.2) is 21.1 Å². The highest BCUT2D eigenvalue weighted by Gasteiger charge is 2.07. The molecule has 0 aliphatic heterocycles. The fourth-order valence-corrected chi connectivity index (χ4v) is 2.93. The Bertz CT molecular complexity index is 873. The molecule has 0 saturated carbocycles. The fourth-order valence-electron chi connectivity index (χ4n) is 2.93. The van der Waals surface area contributed by atoms with Gasteiger partial charge in [0, 0.05) is 38.2 Å². The van der Waals surface area contributed by atoms with Crippen molar-refractivity contribution in [1.29, 1.82) is 0 Å². The van der Waals surface area contributed by atoms with Crippen molar-refractivity contribution in [3.8, 4) is 0 Å². The molecule has 0 aliphatic rings. The summed E-state index contributed by atoms with van der Waals surface area (Å²) in [5.41, 5.74) is 8.14. The summed E-state index contributed by atoms with van der Waals surface area (Å²) < 4.78 is 0. The van der Waals surface area contributed by atoms with Gasteiger partial charge < -0.3 is 9.80 Å². The lowest BCUT2D eigenvalue weighted by atomic mass is 9.99. The van der Waals surface area contributed by atoms with Gasteiger partial charge in [-0.05, 0) is 60.0 Å². The van der Waals surface area contributed by atoms with Crippen LogP contribution in [0.4, 0.5) is 17.1 Å². The van der Waals surface area contributed by atoms with Crippen molar-refractivity contribution in [1.82, 2.24) is 0 Å². The quantitative estimate of drug-likeness (QED) is 0.570. The number of hydrogen-bond acceptors (Lipinski definition) is 2. The standard InChI is InChI=1S/C24H26N2/c1-18-6-12-23(13-7-18)26(5)24-16-10-21(11-17-24)19(2)20-8-14-22(15-9-20)25(3)4/h6-17H,2H2,1,3-5H3. The third-order valence-corrected chi connectivity index (χ3v) is 4.76. The molecule has 0 spiro atoms. The summed E-state index contributed by atoms with van der Waals surface area (Å²) >= 11 is 0. The molecule has 26 heavy (non-hydrogen) atoms. The molecule has 2 heteroatoms. The monoisotopic (exact) mass is 342 g/mol. The zero-order valence-electron chi connectivity index (χ0n) is 16.0. The average Bonchev–Trinajstić information content (AvgIpc) is 2.67. The number of rotatable bonds is 5. The van der Waals surface area contributed by atoms with Crippen LogP contribution < -0.4 is 9.80 Å². The zero-order valence-corrected chi connectivity index (χ0v) is 16.0.